The van der Waals surface area contributed by atoms with Crippen LogP contribution in [-0.4, -0.2) is 120 Å². The third-order valence-corrected chi connectivity index (χ3v) is 20.4. The van der Waals surface area contributed by atoms with Gasteiger partial charge in [0.2, 0.25) is 23.7 Å². The average molecular weight is 1800 g/mol. The van der Waals surface area contributed by atoms with Gasteiger partial charge in [-0.2, -0.15) is 0 Å². The van der Waals surface area contributed by atoms with Crippen LogP contribution in [0.4, 0.5) is 35.1 Å². The number of nitrogens with zero attached hydrogens (tertiary/aromatic N) is 4. The van der Waals surface area contributed by atoms with E-state index in [2.05, 4.69) is 64.0 Å². The summed E-state index contributed by atoms with van der Waals surface area (Å²) in [4.78, 5) is 61.9. The van der Waals surface area contributed by atoms with E-state index >= 15 is 0 Å². The van der Waals surface area contributed by atoms with Crippen LogP contribution in [0.5, 0.6) is 23.0 Å². The highest BCUT2D eigenvalue weighted by Gasteiger charge is 2.32. The minimum absolute atomic E-state index is 0.0397. The third-order valence-electron chi connectivity index (χ3n) is 20.4. The summed E-state index contributed by atoms with van der Waals surface area (Å²) in [5.41, 5.74) is 11.0. The van der Waals surface area contributed by atoms with E-state index in [-0.39, 0.29) is 167 Å². The van der Waals surface area contributed by atoms with Crippen molar-refractivity contribution in [1.82, 2.24) is 19.9 Å². The van der Waals surface area contributed by atoms with E-state index in [1.165, 1.54) is 13.8 Å². The van der Waals surface area contributed by atoms with Crippen molar-refractivity contribution < 1.29 is 110 Å². The Morgan fingerprint density at radius 3 is 0.892 bits per heavy atom. The van der Waals surface area contributed by atoms with E-state index in [9.17, 15) is 54.3 Å². The molecule has 12 aromatic rings. The number of ether oxygens (including phenoxy) is 8. The second-order valence-corrected chi connectivity index (χ2v) is 31.0. The smallest absolute Gasteiger partial charge is 0.333 e. The van der Waals surface area contributed by atoms with Gasteiger partial charge in [0, 0.05) is 179 Å². The lowest BCUT2D eigenvalue weighted by molar-refractivity contribution is -0.140. The van der Waals surface area contributed by atoms with Crippen LogP contribution in [-0.2, 0) is 63.8 Å². The molecule has 0 aliphatic heterocycles. The quantitative estimate of drug-likeness (QED) is 0.0113. The van der Waals surface area contributed by atoms with Crippen molar-refractivity contribution in [1.29, 1.82) is 0 Å². The van der Waals surface area contributed by atoms with Crippen molar-refractivity contribution >= 4 is 67.8 Å². The van der Waals surface area contributed by atoms with Crippen LogP contribution in [0, 0.1) is 0 Å². The number of aromatic nitrogens is 4. The van der Waals surface area contributed by atoms with Crippen molar-refractivity contribution in [2.45, 2.75) is 194 Å². The molecule has 0 atom stereocenters. The number of aryl methyl sites for hydroxylation is 4. The first-order chi connectivity index (χ1) is 62.4. The zero-order valence-corrected chi connectivity index (χ0v) is 74.3. The molecule has 130 heavy (non-hydrogen) atoms. The van der Waals surface area contributed by atoms with Crippen LogP contribution in [0.1, 0.15) is 167 Å². The second-order valence-electron chi connectivity index (χ2n) is 31.0. The molecular formula is C102H112F8N4O16. The standard InChI is InChI=1S/C28H33F2NO4.C27H31F2NO4.C24H25F2NO4.C23H23F2NO4/c1-5-21-10-12-23(24(6-2)31-21)26-17-20-9-11-22(18-25(20)35-26)33-15-7-13-28(29,30)14-8-16-34-27(32)19(3)4;1-4-20-10-12-22(23(5-2)30-20)25-17-19-9-11-21(18-24(19)34-25)32-15-7-13-27(28,29)14-8-16-33-26(31)6-3;1-17(2)23(28)30-13-5-10-24(25,26)9-4-12-29-20-8-7-18-14-21(31-22(18)15-20)19-6-3-11-27-16-19;1-2-22(27)29-13-5-10-23(24,25)9-4-12-28-19-8-7-17-14-20(30-21(17)15-19)18-6-3-11-26-16-18/h9-12,17-18H,3,5-8,13-16H2,1-2,4H3;6,9-12,17-18H,3-5,7-8,13-16H2,1-2H3;3,6-8,11,14-16H,1,4-5,9-10,12-13H2,2H3;2-3,6-8,11,14-16H,1,4-5,9-10,12-13H2. The van der Waals surface area contributed by atoms with Crippen LogP contribution in [0.2, 0.25) is 0 Å². The summed E-state index contributed by atoms with van der Waals surface area (Å²) < 4.78 is 178. The van der Waals surface area contributed by atoms with Crippen LogP contribution in [0.25, 0.3) is 89.2 Å². The number of benzene rings is 4. The first-order valence-corrected chi connectivity index (χ1v) is 43.6. The highest BCUT2D eigenvalue weighted by Crippen LogP contribution is 2.38. The van der Waals surface area contributed by atoms with Gasteiger partial charge in [0.25, 0.3) is 0 Å². The molecule has 692 valence electrons. The molecule has 0 bridgehead atoms. The Morgan fingerprint density at radius 1 is 0.354 bits per heavy atom. The van der Waals surface area contributed by atoms with Crippen LogP contribution in [0.3, 0.4) is 0 Å². The Kier molecular flexibility index (Phi) is 38.9. The van der Waals surface area contributed by atoms with E-state index in [0.29, 0.717) is 56.9 Å². The lowest BCUT2D eigenvalue weighted by atomic mass is 10.1. The first kappa shape index (κ1) is 101. The average Bonchev–Trinajstić information content (AvgIpc) is 1.65. The van der Waals surface area contributed by atoms with Crippen molar-refractivity contribution in [2.24, 2.45) is 0 Å². The molecule has 0 spiro atoms. The SMILES string of the molecule is C=C(C)C(=O)OCCCC(F)(F)CCCOc1ccc2cc(-c3ccc(CC)nc3CC)oc2c1.C=C(C)C(=O)OCCCC(F)(F)CCCOc1ccc2cc(-c3cccnc3)oc2c1.C=CC(=O)OCCCC(F)(F)CCCOc1ccc2cc(-c3ccc(CC)nc3CC)oc2c1.C=CC(=O)OCCCC(F)(F)CCCOc1ccc2cc(-c3cccnc3)oc2c1. The van der Waals surface area contributed by atoms with Crippen molar-refractivity contribution in [3.63, 3.8) is 0 Å². The fourth-order valence-electron chi connectivity index (χ4n) is 13.4. The molecule has 0 amide bonds. The van der Waals surface area contributed by atoms with Crippen molar-refractivity contribution in [3.05, 3.63) is 243 Å². The molecule has 20 nitrogen and oxygen atoms in total. The van der Waals surface area contributed by atoms with Crippen LogP contribution >= 0.6 is 0 Å². The normalized spacial score (nSPS) is 11.5. The van der Waals surface area contributed by atoms with Gasteiger partial charge in [-0.25, -0.2) is 54.3 Å². The molecule has 0 saturated heterocycles. The molecule has 0 saturated carbocycles. The van der Waals surface area contributed by atoms with E-state index in [1.807, 2.05) is 109 Å². The topological polar surface area (TPSA) is 246 Å². The Morgan fingerprint density at radius 2 is 0.631 bits per heavy atom. The molecule has 0 radical (unpaired) electrons. The molecule has 0 aliphatic rings. The predicted molar refractivity (Wildman–Crippen MR) is 485 cm³/mol. The van der Waals surface area contributed by atoms with Crippen molar-refractivity contribution in [3.8, 4) is 68.3 Å². The third kappa shape index (κ3) is 33.0. The monoisotopic (exact) mass is 1800 g/mol. The van der Waals surface area contributed by atoms with Gasteiger partial charge in [-0.1, -0.05) is 54.0 Å². The highest BCUT2D eigenvalue weighted by atomic mass is 19.3. The van der Waals surface area contributed by atoms with E-state index in [1.54, 1.807) is 61.2 Å². The first-order valence-electron chi connectivity index (χ1n) is 43.6. The van der Waals surface area contributed by atoms with Crippen molar-refractivity contribution in [2.75, 3.05) is 52.9 Å². The number of pyridine rings is 4. The molecule has 0 aliphatic carbocycles. The van der Waals surface area contributed by atoms with Gasteiger partial charge in [-0.05, 0) is 212 Å². The predicted octanol–water partition coefficient (Wildman–Crippen LogP) is 26.2. The second kappa shape index (κ2) is 50.2. The number of rotatable bonds is 48. The summed E-state index contributed by atoms with van der Waals surface area (Å²) in [5.74, 6) is -8.47. The van der Waals surface area contributed by atoms with Gasteiger partial charge in [0.15, 0.2) is 0 Å². The van der Waals surface area contributed by atoms with Gasteiger partial charge in [-0.3, -0.25) is 19.9 Å². The number of esters is 4. The number of furan rings is 4. The molecule has 0 N–H and O–H groups in total. The maximum absolute atomic E-state index is 14.1. The molecule has 28 heteroatoms. The molecule has 8 heterocycles. The number of alkyl halides is 8. The number of fused-ring (bicyclic) bond motifs is 4. The molecule has 8 aromatic heterocycles. The number of halogens is 8. The Labute approximate surface area is 751 Å². The Bertz CT molecular complexity index is 5690. The lowest BCUT2D eigenvalue weighted by Crippen LogP contribution is -2.18. The minimum atomic E-state index is -2.84. The van der Waals surface area contributed by atoms with Gasteiger partial charge in [0.1, 0.15) is 68.4 Å². The maximum atomic E-state index is 14.1. The summed E-state index contributed by atoms with van der Waals surface area (Å²) in [7, 11) is 0. The summed E-state index contributed by atoms with van der Waals surface area (Å²) >= 11 is 0. The highest BCUT2D eigenvalue weighted by molar-refractivity contribution is 5.89. The zero-order valence-electron chi connectivity index (χ0n) is 74.3. The van der Waals surface area contributed by atoms with E-state index < -0.39 is 47.6 Å². The number of carbonyl (C=O) groups is 4. The Hall–Kier alpha value is -12.9. The van der Waals surface area contributed by atoms with Gasteiger partial charge in [0.05, 0.1) is 64.2 Å². The molecule has 0 fully saturated rings. The minimum Gasteiger partial charge on any atom is -0.493 e. The molecular weight excluding hydrogens is 1690 g/mol. The summed E-state index contributed by atoms with van der Waals surface area (Å²) in [6.45, 7) is 25.3. The maximum Gasteiger partial charge on any atom is 0.333 e. The molecule has 12 rings (SSSR count). The van der Waals surface area contributed by atoms with E-state index in [0.717, 1.165) is 116 Å². The van der Waals surface area contributed by atoms with Gasteiger partial charge in [-0.15, -0.1) is 0 Å². The summed E-state index contributed by atoms with van der Waals surface area (Å²) in [6.07, 6.45) is 10.9. The molecule has 4 aromatic carbocycles. The van der Waals surface area contributed by atoms with Gasteiger partial charge < -0.3 is 55.6 Å². The largest absolute Gasteiger partial charge is 0.493 e. The fraction of sp³-hybridized carbons (Fsp3) is 0.373. The summed E-state index contributed by atoms with van der Waals surface area (Å²) in [5, 5.41) is 3.72. The zero-order chi connectivity index (χ0) is 93.6. The number of hydrogen-bond donors (Lipinski definition) is 0. The number of hydrogen-bond acceptors (Lipinski definition) is 20. The summed E-state index contributed by atoms with van der Waals surface area (Å²) in [6, 6.07) is 45.2. The molecule has 0 unspecified atom stereocenters. The van der Waals surface area contributed by atoms with Crippen LogP contribution in [0.15, 0.2) is 238 Å². The van der Waals surface area contributed by atoms with Gasteiger partial charge >= 0.3 is 23.9 Å². The number of carbonyl (C=O) groups excluding carboxylic acids is 4. The van der Waals surface area contributed by atoms with E-state index in [4.69, 9.17) is 65.5 Å². The van der Waals surface area contributed by atoms with Crippen LogP contribution < -0.4 is 18.9 Å². The Balaban J connectivity index is 0.000000196. The fourth-order valence-corrected chi connectivity index (χ4v) is 13.4. The lowest BCUT2D eigenvalue weighted by Gasteiger charge is -2.16.